The van der Waals surface area contributed by atoms with Crippen LogP contribution in [0.4, 0.5) is 5.69 Å². The normalized spacial score (nSPS) is 16.1. The lowest BCUT2D eigenvalue weighted by atomic mass is 9.82. The van der Waals surface area contributed by atoms with Crippen molar-refractivity contribution in [2.75, 3.05) is 19.0 Å². The zero-order chi connectivity index (χ0) is 18.1. The number of anilines is 1. The van der Waals surface area contributed by atoms with E-state index >= 15 is 0 Å². The molecule has 3 aromatic carbocycles. The van der Waals surface area contributed by atoms with Gasteiger partial charge in [-0.3, -0.25) is 4.79 Å². The SMILES string of the molecule is CCOc1c(OC)cccc1C1CC(=O)Nc2c1ccc1ccccc21. The third-order valence-corrected chi connectivity index (χ3v) is 4.88. The summed E-state index contributed by atoms with van der Waals surface area (Å²) < 4.78 is 11.4. The highest BCUT2D eigenvalue weighted by Crippen LogP contribution is 2.45. The Balaban J connectivity index is 1.93. The van der Waals surface area contributed by atoms with Gasteiger partial charge in [0.1, 0.15) is 0 Å². The van der Waals surface area contributed by atoms with Gasteiger partial charge in [-0.05, 0) is 23.9 Å². The molecule has 4 heteroatoms. The van der Waals surface area contributed by atoms with E-state index in [-0.39, 0.29) is 11.8 Å². The van der Waals surface area contributed by atoms with Crippen LogP contribution in [0, 0.1) is 0 Å². The van der Waals surface area contributed by atoms with Gasteiger partial charge in [0, 0.05) is 23.3 Å². The van der Waals surface area contributed by atoms with Crippen LogP contribution in [0.25, 0.3) is 10.8 Å². The molecule has 4 nitrogen and oxygen atoms in total. The van der Waals surface area contributed by atoms with E-state index in [1.54, 1.807) is 7.11 Å². The number of nitrogens with one attached hydrogen (secondary N) is 1. The number of rotatable bonds is 4. The lowest BCUT2D eigenvalue weighted by Gasteiger charge is -2.29. The van der Waals surface area contributed by atoms with Gasteiger partial charge in [0.25, 0.3) is 0 Å². The Morgan fingerprint density at radius 1 is 1.04 bits per heavy atom. The second kappa shape index (κ2) is 6.71. The molecule has 1 atom stereocenters. The minimum Gasteiger partial charge on any atom is -0.493 e. The molecule has 0 bridgehead atoms. The van der Waals surface area contributed by atoms with Crippen molar-refractivity contribution in [1.29, 1.82) is 0 Å². The van der Waals surface area contributed by atoms with Crippen molar-refractivity contribution in [1.82, 2.24) is 0 Å². The van der Waals surface area contributed by atoms with E-state index in [0.717, 1.165) is 33.3 Å². The number of fused-ring (bicyclic) bond motifs is 3. The maximum atomic E-state index is 12.5. The molecule has 3 aromatic rings. The Labute approximate surface area is 152 Å². The number of carbonyl (C=O) groups excluding carboxylic acids is 1. The molecule has 1 aliphatic rings. The molecule has 26 heavy (non-hydrogen) atoms. The molecule has 132 valence electrons. The van der Waals surface area contributed by atoms with E-state index in [0.29, 0.717) is 18.8 Å². The summed E-state index contributed by atoms with van der Waals surface area (Å²) in [5, 5.41) is 5.24. The highest BCUT2D eigenvalue weighted by Gasteiger charge is 2.30. The standard InChI is InChI=1S/C22H21NO3/c1-3-26-22-17(9-6-10-19(22)25-2)18-13-20(24)23-21-15-8-5-4-7-14(15)11-12-16(18)21/h4-12,18H,3,13H2,1-2H3,(H,23,24). The second-order valence-electron chi connectivity index (χ2n) is 6.37. The number of hydrogen-bond donors (Lipinski definition) is 1. The molecule has 0 saturated heterocycles. The maximum Gasteiger partial charge on any atom is 0.225 e. The molecule has 0 aliphatic carbocycles. The van der Waals surface area contributed by atoms with Crippen LogP contribution in [-0.4, -0.2) is 19.6 Å². The molecule has 1 N–H and O–H groups in total. The first-order chi connectivity index (χ1) is 12.7. The van der Waals surface area contributed by atoms with Crippen LogP contribution in [0.1, 0.15) is 30.4 Å². The molecular formula is C22H21NO3. The Morgan fingerprint density at radius 2 is 1.88 bits per heavy atom. The highest BCUT2D eigenvalue weighted by atomic mass is 16.5. The van der Waals surface area contributed by atoms with Crippen LogP contribution >= 0.6 is 0 Å². The first-order valence-corrected chi connectivity index (χ1v) is 8.84. The van der Waals surface area contributed by atoms with Crippen molar-refractivity contribution in [2.24, 2.45) is 0 Å². The van der Waals surface area contributed by atoms with Gasteiger partial charge >= 0.3 is 0 Å². The molecule has 0 spiro atoms. The van der Waals surface area contributed by atoms with Gasteiger partial charge in [-0.25, -0.2) is 0 Å². The average Bonchev–Trinajstić information content (AvgIpc) is 2.67. The van der Waals surface area contributed by atoms with Crippen LogP contribution < -0.4 is 14.8 Å². The predicted octanol–water partition coefficient (Wildman–Crippen LogP) is 4.72. The summed E-state index contributed by atoms with van der Waals surface area (Å²) in [6, 6.07) is 18.2. The fraction of sp³-hybridized carbons (Fsp3) is 0.227. The first-order valence-electron chi connectivity index (χ1n) is 8.84. The molecule has 0 saturated carbocycles. The summed E-state index contributed by atoms with van der Waals surface area (Å²) in [4.78, 5) is 12.5. The topological polar surface area (TPSA) is 47.6 Å². The molecular weight excluding hydrogens is 326 g/mol. The average molecular weight is 347 g/mol. The van der Waals surface area contributed by atoms with Gasteiger partial charge < -0.3 is 14.8 Å². The molecule has 0 aromatic heterocycles. The van der Waals surface area contributed by atoms with Crippen molar-refractivity contribution >= 4 is 22.4 Å². The monoisotopic (exact) mass is 347 g/mol. The minimum atomic E-state index is -0.0694. The van der Waals surface area contributed by atoms with E-state index in [1.807, 2.05) is 43.3 Å². The van der Waals surface area contributed by atoms with Crippen molar-refractivity contribution in [3.63, 3.8) is 0 Å². The predicted molar refractivity (Wildman–Crippen MR) is 103 cm³/mol. The first kappa shape index (κ1) is 16.5. The Hall–Kier alpha value is -3.01. The van der Waals surface area contributed by atoms with Crippen LogP contribution in [-0.2, 0) is 4.79 Å². The molecule has 1 aliphatic heterocycles. The minimum absolute atomic E-state index is 0.0177. The smallest absolute Gasteiger partial charge is 0.225 e. The van der Waals surface area contributed by atoms with Gasteiger partial charge in [-0.15, -0.1) is 0 Å². The van der Waals surface area contributed by atoms with Crippen LogP contribution in [0.3, 0.4) is 0 Å². The lowest BCUT2D eigenvalue weighted by Crippen LogP contribution is -2.24. The molecule has 1 unspecified atom stereocenters. The van der Waals surface area contributed by atoms with Gasteiger partial charge in [0.2, 0.25) is 5.91 Å². The van der Waals surface area contributed by atoms with Crippen molar-refractivity contribution in [3.8, 4) is 11.5 Å². The Kier molecular flexibility index (Phi) is 4.25. The number of carbonyl (C=O) groups is 1. The number of hydrogen-bond acceptors (Lipinski definition) is 3. The van der Waals surface area contributed by atoms with E-state index in [4.69, 9.17) is 9.47 Å². The van der Waals surface area contributed by atoms with Gasteiger partial charge in [-0.2, -0.15) is 0 Å². The molecule has 1 heterocycles. The van der Waals surface area contributed by atoms with E-state index in [2.05, 4.69) is 23.5 Å². The lowest BCUT2D eigenvalue weighted by molar-refractivity contribution is -0.116. The Bertz CT molecular complexity index is 980. The third-order valence-electron chi connectivity index (χ3n) is 4.88. The second-order valence-corrected chi connectivity index (χ2v) is 6.37. The van der Waals surface area contributed by atoms with Crippen LogP contribution in [0.15, 0.2) is 54.6 Å². The number of para-hydroxylation sites is 1. The number of amides is 1. The number of methoxy groups -OCH3 is 1. The molecule has 1 amide bonds. The van der Waals surface area contributed by atoms with Crippen molar-refractivity contribution < 1.29 is 14.3 Å². The zero-order valence-corrected chi connectivity index (χ0v) is 14.9. The van der Waals surface area contributed by atoms with E-state index < -0.39 is 0 Å². The largest absolute Gasteiger partial charge is 0.493 e. The van der Waals surface area contributed by atoms with Crippen LogP contribution in [0.5, 0.6) is 11.5 Å². The number of benzene rings is 3. The molecule has 4 rings (SSSR count). The maximum absolute atomic E-state index is 12.5. The molecule has 0 fully saturated rings. The quantitative estimate of drug-likeness (QED) is 0.743. The summed E-state index contributed by atoms with van der Waals surface area (Å²) in [7, 11) is 1.64. The van der Waals surface area contributed by atoms with Gasteiger partial charge in [0.05, 0.1) is 19.4 Å². The third kappa shape index (κ3) is 2.68. The summed E-state index contributed by atoms with van der Waals surface area (Å²) in [5.41, 5.74) is 2.99. The highest BCUT2D eigenvalue weighted by molar-refractivity contribution is 6.06. The summed E-state index contributed by atoms with van der Waals surface area (Å²) in [6.07, 6.45) is 0.387. The van der Waals surface area contributed by atoms with Gasteiger partial charge in [-0.1, -0.05) is 48.5 Å². The fourth-order valence-corrected chi connectivity index (χ4v) is 3.75. The Morgan fingerprint density at radius 3 is 2.69 bits per heavy atom. The summed E-state index contributed by atoms with van der Waals surface area (Å²) in [5.74, 6) is 1.36. The summed E-state index contributed by atoms with van der Waals surface area (Å²) in [6.45, 7) is 2.49. The van der Waals surface area contributed by atoms with E-state index in [1.165, 1.54) is 0 Å². The number of ether oxygens (including phenoxy) is 2. The van der Waals surface area contributed by atoms with Crippen LogP contribution in [0.2, 0.25) is 0 Å². The van der Waals surface area contributed by atoms with Crippen molar-refractivity contribution in [2.45, 2.75) is 19.3 Å². The fourth-order valence-electron chi connectivity index (χ4n) is 3.75. The van der Waals surface area contributed by atoms with E-state index in [9.17, 15) is 4.79 Å². The summed E-state index contributed by atoms with van der Waals surface area (Å²) >= 11 is 0. The molecule has 0 radical (unpaired) electrons. The van der Waals surface area contributed by atoms with Gasteiger partial charge in [0.15, 0.2) is 11.5 Å². The van der Waals surface area contributed by atoms with Crippen molar-refractivity contribution in [3.05, 3.63) is 65.7 Å². The zero-order valence-electron chi connectivity index (χ0n) is 14.9.